The van der Waals surface area contributed by atoms with Crippen LogP contribution in [0.2, 0.25) is 0 Å². The minimum Gasteiger partial charge on any atom is -0.458 e. The molecular formula is C15H24O2. The van der Waals surface area contributed by atoms with Crippen LogP contribution in [-0.4, -0.2) is 12.6 Å². The van der Waals surface area contributed by atoms with Crippen molar-refractivity contribution in [3.63, 3.8) is 0 Å². The summed E-state index contributed by atoms with van der Waals surface area (Å²) in [7, 11) is 0. The second-order valence-corrected chi connectivity index (χ2v) is 4.39. The molecule has 0 aromatic rings. The van der Waals surface area contributed by atoms with E-state index in [0.29, 0.717) is 18.1 Å². The van der Waals surface area contributed by atoms with E-state index in [4.69, 9.17) is 4.74 Å². The summed E-state index contributed by atoms with van der Waals surface area (Å²) in [5.74, 6) is 0.298. The first kappa shape index (κ1) is 15.7. The van der Waals surface area contributed by atoms with Gasteiger partial charge in [0.25, 0.3) is 0 Å². The topological polar surface area (TPSA) is 26.3 Å². The van der Waals surface area contributed by atoms with Crippen LogP contribution in [0.25, 0.3) is 0 Å². The molecule has 0 saturated carbocycles. The van der Waals surface area contributed by atoms with Gasteiger partial charge in [0.2, 0.25) is 0 Å². The first-order chi connectivity index (χ1) is 8.01. The van der Waals surface area contributed by atoms with E-state index in [1.807, 2.05) is 19.9 Å². The lowest BCUT2D eigenvalue weighted by molar-refractivity contribution is -0.138. The Kier molecular flexibility index (Phi) is 8.12. The molecule has 2 heteroatoms. The molecule has 0 aliphatic carbocycles. The lowest BCUT2D eigenvalue weighted by atomic mass is 10.1. The Morgan fingerprint density at radius 1 is 1.41 bits per heavy atom. The molecule has 0 spiro atoms. The number of carbonyl (C=O) groups is 1. The largest absolute Gasteiger partial charge is 0.458 e. The zero-order valence-corrected chi connectivity index (χ0v) is 11.5. The minimum atomic E-state index is -0.236. The Bertz CT molecular complexity index is 311. The van der Waals surface area contributed by atoms with Crippen LogP contribution in [0.15, 0.2) is 36.0 Å². The normalized spacial score (nSPS) is 14.4. The molecule has 0 rings (SSSR count). The number of hydrogen-bond donors (Lipinski definition) is 0. The van der Waals surface area contributed by atoms with Crippen LogP contribution >= 0.6 is 0 Å². The fourth-order valence-electron chi connectivity index (χ4n) is 1.18. The number of ether oxygens (including phenoxy) is 1. The van der Waals surface area contributed by atoms with E-state index in [9.17, 15) is 4.79 Å². The van der Waals surface area contributed by atoms with Crippen molar-refractivity contribution in [2.45, 2.75) is 40.5 Å². The summed E-state index contributed by atoms with van der Waals surface area (Å²) >= 11 is 0. The summed E-state index contributed by atoms with van der Waals surface area (Å²) in [6.45, 7) is 11.8. The zero-order valence-electron chi connectivity index (χ0n) is 11.5. The molecule has 0 N–H and O–H groups in total. The summed E-state index contributed by atoms with van der Waals surface area (Å²) in [5.41, 5.74) is 1.75. The highest BCUT2D eigenvalue weighted by molar-refractivity contribution is 5.87. The van der Waals surface area contributed by atoms with Gasteiger partial charge in [0.05, 0.1) is 0 Å². The second-order valence-electron chi connectivity index (χ2n) is 4.39. The monoisotopic (exact) mass is 236 g/mol. The number of carbonyl (C=O) groups excluding carboxylic acids is 1. The molecule has 0 fully saturated rings. The van der Waals surface area contributed by atoms with Gasteiger partial charge in [0.1, 0.15) is 6.61 Å². The van der Waals surface area contributed by atoms with Crippen molar-refractivity contribution in [3.8, 4) is 0 Å². The van der Waals surface area contributed by atoms with Crippen molar-refractivity contribution in [1.82, 2.24) is 0 Å². The molecule has 0 radical (unpaired) electrons. The molecule has 0 aromatic carbocycles. The number of esters is 1. The van der Waals surface area contributed by atoms with E-state index >= 15 is 0 Å². The van der Waals surface area contributed by atoms with Crippen LogP contribution in [0.1, 0.15) is 40.5 Å². The van der Waals surface area contributed by atoms with Gasteiger partial charge in [-0.15, -0.1) is 6.58 Å². The van der Waals surface area contributed by atoms with Gasteiger partial charge < -0.3 is 4.74 Å². The number of hydrogen-bond acceptors (Lipinski definition) is 2. The summed E-state index contributed by atoms with van der Waals surface area (Å²) in [6, 6.07) is 0. The zero-order chi connectivity index (χ0) is 13.3. The molecule has 0 aliphatic heterocycles. The van der Waals surface area contributed by atoms with Crippen LogP contribution in [0.4, 0.5) is 0 Å². The lowest BCUT2D eigenvalue weighted by Crippen LogP contribution is -2.07. The van der Waals surface area contributed by atoms with Crippen molar-refractivity contribution in [2.24, 2.45) is 5.92 Å². The molecule has 1 unspecified atom stereocenters. The highest BCUT2D eigenvalue weighted by Crippen LogP contribution is 2.09. The van der Waals surface area contributed by atoms with Crippen LogP contribution in [0.5, 0.6) is 0 Å². The van der Waals surface area contributed by atoms with Gasteiger partial charge in [-0.1, -0.05) is 25.2 Å². The quantitative estimate of drug-likeness (QED) is 0.379. The summed E-state index contributed by atoms with van der Waals surface area (Å²) in [6.07, 6.45) is 7.92. The van der Waals surface area contributed by atoms with E-state index in [1.54, 1.807) is 13.0 Å². The van der Waals surface area contributed by atoms with Gasteiger partial charge in [-0.3, -0.25) is 0 Å². The van der Waals surface area contributed by atoms with Gasteiger partial charge in [-0.25, -0.2) is 4.79 Å². The summed E-state index contributed by atoms with van der Waals surface area (Å²) in [4.78, 5) is 11.4. The first-order valence-corrected chi connectivity index (χ1v) is 6.09. The standard InChI is InChI=1S/C15H24O2/c1-6-12(3)9-8-10-13(4)11-17-15(16)14(5)7-2/h6-7,10,12H,1,8-9,11H2,2-5H3/b13-10+,14-7+. The van der Waals surface area contributed by atoms with E-state index in [1.165, 1.54) is 0 Å². The second kappa shape index (κ2) is 8.80. The molecule has 0 amide bonds. The van der Waals surface area contributed by atoms with E-state index < -0.39 is 0 Å². The molecule has 0 aromatic heterocycles. The highest BCUT2D eigenvalue weighted by atomic mass is 16.5. The average molecular weight is 236 g/mol. The summed E-state index contributed by atoms with van der Waals surface area (Å²) in [5, 5.41) is 0. The van der Waals surface area contributed by atoms with Gasteiger partial charge in [-0.05, 0) is 45.1 Å². The van der Waals surface area contributed by atoms with Gasteiger partial charge in [-0.2, -0.15) is 0 Å². The number of rotatable bonds is 7. The van der Waals surface area contributed by atoms with Crippen molar-refractivity contribution >= 4 is 5.97 Å². The predicted molar refractivity (Wildman–Crippen MR) is 72.7 cm³/mol. The summed E-state index contributed by atoms with van der Waals surface area (Å²) < 4.78 is 5.14. The molecule has 2 nitrogen and oxygen atoms in total. The third kappa shape index (κ3) is 7.56. The maximum atomic E-state index is 11.4. The third-order valence-corrected chi connectivity index (χ3v) is 2.70. The maximum absolute atomic E-state index is 11.4. The number of allylic oxidation sites excluding steroid dienone is 3. The molecular weight excluding hydrogens is 212 g/mol. The predicted octanol–water partition coefficient (Wildman–Crippen LogP) is 4.04. The van der Waals surface area contributed by atoms with Gasteiger partial charge >= 0.3 is 5.97 Å². The molecule has 0 saturated heterocycles. The van der Waals surface area contributed by atoms with Crippen LogP contribution in [0, 0.1) is 5.92 Å². The molecule has 17 heavy (non-hydrogen) atoms. The smallest absolute Gasteiger partial charge is 0.333 e. The third-order valence-electron chi connectivity index (χ3n) is 2.70. The fourth-order valence-corrected chi connectivity index (χ4v) is 1.18. The SMILES string of the molecule is C=CC(C)CC/C=C(\C)COC(=O)/C(C)=C/C. The highest BCUT2D eigenvalue weighted by Gasteiger charge is 2.04. The van der Waals surface area contributed by atoms with Crippen molar-refractivity contribution < 1.29 is 9.53 Å². The molecule has 0 bridgehead atoms. The Morgan fingerprint density at radius 2 is 2.06 bits per heavy atom. The molecule has 0 heterocycles. The lowest BCUT2D eigenvalue weighted by Gasteiger charge is -2.06. The van der Waals surface area contributed by atoms with Crippen molar-refractivity contribution in [2.75, 3.05) is 6.61 Å². The van der Waals surface area contributed by atoms with E-state index in [2.05, 4.69) is 19.6 Å². The Hall–Kier alpha value is -1.31. The Balaban J connectivity index is 3.93. The van der Waals surface area contributed by atoms with Crippen molar-refractivity contribution in [1.29, 1.82) is 0 Å². The first-order valence-electron chi connectivity index (χ1n) is 6.09. The van der Waals surface area contributed by atoms with Gasteiger partial charge in [0.15, 0.2) is 0 Å². The fraction of sp³-hybridized carbons (Fsp3) is 0.533. The minimum absolute atomic E-state index is 0.236. The van der Waals surface area contributed by atoms with E-state index in [-0.39, 0.29) is 5.97 Å². The molecule has 96 valence electrons. The maximum Gasteiger partial charge on any atom is 0.333 e. The van der Waals surface area contributed by atoms with Crippen LogP contribution in [0.3, 0.4) is 0 Å². The van der Waals surface area contributed by atoms with E-state index in [0.717, 1.165) is 18.4 Å². The average Bonchev–Trinajstić information content (AvgIpc) is 2.34. The van der Waals surface area contributed by atoms with Crippen LogP contribution in [-0.2, 0) is 9.53 Å². The van der Waals surface area contributed by atoms with Crippen molar-refractivity contribution in [3.05, 3.63) is 36.0 Å². The molecule has 1 atom stereocenters. The Morgan fingerprint density at radius 3 is 2.59 bits per heavy atom. The molecule has 0 aliphatic rings. The van der Waals surface area contributed by atoms with Gasteiger partial charge in [0, 0.05) is 5.57 Å². The van der Waals surface area contributed by atoms with Crippen LogP contribution < -0.4 is 0 Å². The Labute approximate surface area is 105 Å².